The van der Waals surface area contributed by atoms with E-state index in [9.17, 15) is 19.1 Å². The van der Waals surface area contributed by atoms with Crippen molar-refractivity contribution in [3.8, 4) is 5.75 Å². The summed E-state index contributed by atoms with van der Waals surface area (Å²) in [7, 11) is 5.07. The summed E-state index contributed by atoms with van der Waals surface area (Å²) in [6.07, 6.45) is 1.55. The van der Waals surface area contributed by atoms with Crippen LogP contribution in [-0.4, -0.2) is 65.9 Å². The monoisotopic (exact) mass is 399 g/mol. The Bertz CT molecular complexity index is 960. The summed E-state index contributed by atoms with van der Waals surface area (Å²) in [5.41, 5.74) is 0.290. The fourth-order valence-corrected chi connectivity index (χ4v) is 3.27. The normalized spacial score (nSPS) is 18.5. The first-order valence-corrected chi connectivity index (χ1v) is 9.03. The average Bonchev–Trinajstić information content (AvgIpc) is 2.97. The van der Waals surface area contributed by atoms with Crippen LogP contribution in [0.4, 0.5) is 4.39 Å². The Morgan fingerprint density at radius 2 is 2.03 bits per heavy atom. The molecule has 0 spiro atoms. The molecule has 1 fully saturated rings. The van der Waals surface area contributed by atoms with E-state index in [1.165, 1.54) is 24.1 Å². The lowest BCUT2D eigenvalue weighted by Gasteiger charge is -2.25. The molecular formula is C21H22FN3O4. The molecule has 1 aliphatic rings. The smallest absolute Gasteiger partial charge is 0.295 e. The number of benzene rings is 1. The number of aromatic nitrogens is 1. The topological polar surface area (TPSA) is 83.0 Å². The van der Waals surface area contributed by atoms with E-state index in [0.717, 1.165) is 6.07 Å². The molecule has 152 valence electrons. The average molecular weight is 399 g/mol. The van der Waals surface area contributed by atoms with Gasteiger partial charge in [0.1, 0.15) is 23.4 Å². The van der Waals surface area contributed by atoms with Crippen LogP contribution in [0.2, 0.25) is 0 Å². The van der Waals surface area contributed by atoms with Crippen LogP contribution in [0.1, 0.15) is 17.3 Å². The highest BCUT2D eigenvalue weighted by atomic mass is 19.1. The van der Waals surface area contributed by atoms with Crippen molar-refractivity contribution in [3.63, 3.8) is 0 Å². The number of likely N-dealkylation sites (N-methyl/N-ethyl adjacent to an activating group) is 1. The van der Waals surface area contributed by atoms with E-state index in [-0.39, 0.29) is 23.4 Å². The van der Waals surface area contributed by atoms with E-state index in [2.05, 4.69) is 4.98 Å². The van der Waals surface area contributed by atoms with E-state index < -0.39 is 29.3 Å². The molecule has 1 aromatic carbocycles. The van der Waals surface area contributed by atoms with Gasteiger partial charge in [-0.3, -0.25) is 14.6 Å². The van der Waals surface area contributed by atoms with E-state index in [4.69, 9.17) is 4.74 Å². The second kappa shape index (κ2) is 8.40. The van der Waals surface area contributed by atoms with Gasteiger partial charge >= 0.3 is 0 Å². The lowest BCUT2D eigenvalue weighted by atomic mass is 9.98. The summed E-state index contributed by atoms with van der Waals surface area (Å²) in [4.78, 5) is 33.1. The second-order valence-electron chi connectivity index (χ2n) is 6.89. The van der Waals surface area contributed by atoms with E-state index in [1.807, 2.05) is 19.0 Å². The summed E-state index contributed by atoms with van der Waals surface area (Å²) < 4.78 is 19.0. The van der Waals surface area contributed by atoms with Gasteiger partial charge in [-0.05, 0) is 44.4 Å². The van der Waals surface area contributed by atoms with Crippen molar-refractivity contribution in [2.45, 2.75) is 6.04 Å². The number of hydrogen-bond donors (Lipinski definition) is 1. The molecule has 0 saturated carbocycles. The first-order chi connectivity index (χ1) is 13.8. The third kappa shape index (κ3) is 3.97. The van der Waals surface area contributed by atoms with Gasteiger partial charge in [-0.2, -0.15) is 0 Å². The molecule has 1 atom stereocenters. The third-order valence-corrected chi connectivity index (χ3v) is 4.71. The standard InChI is InChI=1S/C21H22FN3O4/c1-24(2)10-11-25-18(15-6-4-5-9-23-15)17(20(27)21(25)28)19(26)14-12-13(22)7-8-16(14)29-3/h4-9,12,18,26H,10-11H2,1-3H3/b19-17+/t18-/m0/s1. The zero-order valence-corrected chi connectivity index (χ0v) is 16.4. The van der Waals surface area contributed by atoms with Crippen LogP contribution in [0.3, 0.4) is 0 Å². The summed E-state index contributed by atoms with van der Waals surface area (Å²) in [6, 6.07) is 7.84. The molecule has 29 heavy (non-hydrogen) atoms. The Morgan fingerprint density at radius 3 is 2.66 bits per heavy atom. The predicted molar refractivity (Wildman–Crippen MR) is 105 cm³/mol. The number of rotatable bonds is 6. The highest BCUT2D eigenvalue weighted by Crippen LogP contribution is 2.40. The van der Waals surface area contributed by atoms with Crippen LogP contribution >= 0.6 is 0 Å². The van der Waals surface area contributed by atoms with Crippen molar-refractivity contribution in [2.75, 3.05) is 34.3 Å². The molecule has 0 radical (unpaired) electrons. The van der Waals surface area contributed by atoms with Crippen LogP contribution < -0.4 is 4.74 Å². The fourth-order valence-electron chi connectivity index (χ4n) is 3.27. The van der Waals surface area contributed by atoms with Crippen LogP contribution in [0.25, 0.3) is 5.76 Å². The van der Waals surface area contributed by atoms with E-state index in [0.29, 0.717) is 12.2 Å². The van der Waals surface area contributed by atoms with Crippen molar-refractivity contribution < 1.29 is 23.8 Å². The zero-order chi connectivity index (χ0) is 21.1. The number of halogens is 1. The lowest BCUT2D eigenvalue weighted by molar-refractivity contribution is -0.140. The number of aliphatic hydroxyl groups is 1. The molecule has 2 heterocycles. The van der Waals surface area contributed by atoms with Gasteiger partial charge in [0.05, 0.1) is 23.9 Å². The molecule has 1 aromatic heterocycles. The molecule has 1 aliphatic heterocycles. The number of carbonyl (C=O) groups excluding carboxylic acids is 2. The Labute approximate surface area is 168 Å². The number of amides is 1. The van der Waals surface area contributed by atoms with Crippen LogP contribution in [0.15, 0.2) is 48.2 Å². The van der Waals surface area contributed by atoms with Gasteiger partial charge in [-0.15, -0.1) is 0 Å². The van der Waals surface area contributed by atoms with Gasteiger partial charge in [-0.1, -0.05) is 6.07 Å². The van der Waals surface area contributed by atoms with Crippen LogP contribution in [-0.2, 0) is 9.59 Å². The van der Waals surface area contributed by atoms with Gasteiger partial charge < -0.3 is 19.6 Å². The lowest BCUT2D eigenvalue weighted by Crippen LogP contribution is -2.35. The van der Waals surface area contributed by atoms with Gasteiger partial charge in [-0.25, -0.2) is 4.39 Å². The maximum atomic E-state index is 13.8. The van der Waals surface area contributed by atoms with Crippen molar-refractivity contribution in [3.05, 3.63) is 65.2 Å². The molecule has 3 rings (SSSR count). The summed E-state index contributed by atoms with van der Waals surface area (Å²) in [6.45, 7) is 0.773. The van der Waals surface area contributed by atoms with Crippen molar-refractivity contribution >= 4 is 17.4 Å². The first kappa shape index (κ1) is 20.5. The summed E-state index contributed by atoms with van der Waals surface area (Å²) >= 11 is 0. The molecule has 1 N–H and O–H groups in total. The van der Waals surface area contributed by atoms with E-state index in [1.54, 1.807) is 24.4 Å². The Hall–Kier alpha value is -3.26. The molecule has 0 bridgehead atoms. The van der Waals surface area contributed by atoms with Gasteiger partial charge in [0.15, 0.2) is 0 Å². The number of methoxy groups -OCH3 is 1. The molecule has 1 amide bonds. The molecule has 1 saturated heterocycles. The minimum Gasteiger partial charge on any atom is -0.507 e. The number of Topliss-reactive ketones (excluding diaryl/α,β-unsaturated/α-hetero) is 1. The van der Waals surface area contributed by atoms with Gasteiger partial charge in [0.2, 0.25) is 0 Å². The van der Waals surface area contributed by atoms with Gasteiger partial charge in [0.25, 0.3) is 11.7 Å². The number of ether oxygens (including phenoxy) is 1. The first-order valence-electron chi connectivity index (χ1n) is 9.03. The molecule has 8 heteroatoms. The Morgan fingerprint density at radius 1 is 1.28 bits per heavy atom. The maximum Gasteiger partial charge on any atom is 0.295 e. The van der Waals surface area contributed by atoms with Crippen molar-refractivity contribution in [1.29, 1.82) is 0 Å². The zero-order valence-electron chi connectivity index (χ0n) is 16.4. The summed E-state index contributed by atoms with van der Waals surface area (Å²) in [5.74, 6) is -2.50. The SMILES string of the molecule is COc1ccc(F)cc1/C(O)=C1\C(=O)C(=O)N(CCN(C)C)[C@H]1c1ccccn1. The second-order valence-corrected chi connectivity index (χ2v) is 6.89. The van der Waals surface area contributed by atoms with Gasteiger partial charge in [0, 0.05) is 19.3 Å². The number of pyridine rings is 1. The number of aliphatic hydroxyl groups excluding tert-OH is 1. The van der Waals surface area contributed by atoms with Crippen LogP contribution in [0, 0.1) is 5.82 Å². The number of carbonyl (C=O) groups is 2. The number of likely N-dealkylation sites (tertiary alicyclic amines) is 1. The minimum atomic E-state index is -0.885. The molecular weight excluding hydrogens is 377 g/mol. The summed E-state index contributed by atoms with van der Waals surface area (Å²) in [5, 5.41) is 11.0. The van der Waals surface area contributed by atoms with Crippen molar-refractivity contribution in [2.24, 2.45) is 0 Å². The third-order valence-electron chi connectivity index (χ3n) is 4.71. The molecule has 0 aliphatic carbocycles. The highest BCUT2D eigenvalue weighted by Gasteiger charge is 2.46. The predicted octanol–water partition coefficient (Wildman–Crippen LogP) is 2.21. The quantitative estimate of drug-likeness (QED) is 0.456. The fraction of sp³-hybridized carbons (Fsp3) is 0.286. The molecule has 2 aromatic rings. The number of hydrogen-bond acceptors (Lipinski definition) is 6. The minimum absolute atomic E-state index is 0.000888. The number of ketones is 1. The molecule has 7 nitrogen and oxygen atoms in total. The Balaban J connectivity index is 2.19. The van der Waals surface area contributed by atoms with Crippen LogP contribution in [0.5, 0.6) is 5.75 Å². The number of nitrogens with zero attached hydrogens (tertiary/aromatic N) is 3. The van der Waals surface area contributed by atoms with E-state index >= 15 is 0 Å². The largest absolute Gasteiger partial charge is 0.507 e. The Kier molecular flexibility index (Phi) is 5.93. The van der Waals surface area contributed by atoms with Crippen molar-refractivity contribution in [1.82, 2.24) is 14.8 Å². The maximum absolute atomic E-state index is 13.8. The molecule has 0 unspecified atom stereocenters. The highest BCUT2D eigenvalue weighted by molar-refractivity contribution is 6.46.